The van der Waals surface area contributed by atoms with E-state index in [2.05, 4.69) is 29.3 Å². The van der Waals surface area contributed by atoms with Crippen molar-refractivity contribution >= 4 is 17.4 Å². The van der Waals surface area contributed by atoms with Crippen LogP contribution in [0.25, 0.3) is 5.57 Å². The topological polar surface area (TPSA) is 85.4 Å². The van der Waals surface area contributed by atoms with Crippen LogP contribution in [0.1, 0.15) is 23.2 Å². The van der Waals surface area contributed by atoms with E-state index in [1.54, 1.807) is 6.07 Å². The molecule has 2 aliphatic rings. The molecule has 4 rings (SSSR count). The molecule has 3 N–H and O–H groups in total. The molecule has 2 unspecified atom stereocenters. The Kier molecular flexibility index (Phi) is 5.47. The maximum absolute atomic E-state index is 11.4. The molecule has 0 radical (unpaired) electrons. The lowest BCUT2D eigenvalue weighted by Crippen LogP contribution is -2.15. The first kappa shape index (κ1) is 19.0. The van der Waals surface area contributed by atoms with Crippen molar-refractivity contribution in [1.82, 2.24) is 4.98 Å². The molecular weight excluding hydrogens is 364 g/mol. The molecule has 1 aromatic heterocycles. The number of aliphatic carboxylic acids is 1. The zero-order valence-corrected chi connectivity index (χ0v) is 16.1. The molecule has 0 amide bonds. The molecular formula is C24H24N2O3. The highest BCUT2D eigenvalue weighted by molar-refractivity contribution is 5.85. The predicted octanol–water partition coefficient (Wildman–Crippen LogP) is 4.02. The molecule has 5 nitrogen and oxygen atoms in total. The van der Waals surface area contributed by atoms with Crippen molar-refractivity contribution in [2.24, 2.45) is 11.8 Å². The molecule has 2 aliphatic carbocycles. The fourth-order valence-electron chi connectivity index (χ4n) is 4.01. The Bertz CT molecular complexity index is 1010. The minimum Gasteiger partial charge on any atom is -0.494 e. The average molecular weight is 388 g/mol. The Balaban J connectivity index is 1.49. The smallest absolute Gasteiger partial charge is 0.307 e. The van der Waals surface area contributed by atoms with Crippen LogP contribution in [-0.2, 0) is 22.4 Å². The third kappa shape index (κ3) is 4.57. The minimum atomic E-state index is -0.806. The van der Waals surface area contributed by atoms with E-state index in [9.17, 15) is 9.90 Å². The van der Waals surface area contributed by atoms with E-state index in [0.717, 1.165) is 29.0 Å². The SMILES string of the molecule is Nc1cccc(CCOC2=CC3Cc4ccccc4C(CC(=O)O)=CC3C=C2)n1. The van der Waals surface area contributed by atoms with Crippen molar-refractivity contribution in [1.29, 1.82) is 0 Å². The maximum Gasteiger partial charge on any atom is 0.307 e. The molecule has 5 heteroatoms. The number of nitrogens with zero attached hydrogens (tertiary/aromatic N) is 1. The molecule has 2 aromatic rings. The number of allylic oxidation sites excluding steroid dienone is 4. The number of fused-ring (bicyclic) bond motifs is 2. The fourth-order valence-corrected chi connectivity index (χ4v) is 4.01. The van der Waals surface area contributed by atoms with Gasteiger partial charge in [0.05, 0.1) is 13.0 Å². The van der Waals surface area contributed by atoms with E-state index in [1.165, 1.54) is 5.56 Å². The van der Waals surface area contributed by atoms with Crippen LogP contribution in [0.15, 0.2) is 72.5 Å². The highest BCUT2D eigenvalue weighted by Gasteiger charge is 2.26. The molecule has 29 heavy (non-hydrogen) atoms. The Hall–Kier alpha value is -3.34. The summed E-state index contributed by atoms with van der Waals surface area (Å²) in [6.45, 7) is 0.528. The molecule has 1 aromatic carbocycles. The largest absolute Gasteiger partial charge is 0.494 e. The zero-order chi connectivity index (χ0) is 20.2. The van der Waals surface area contributed by atoms with Crippen LogP contribution in [0.5, 0.6) is 0 Å². The molecule has 2 atom stereocenters. The number of benzene rings is 1. The van der Waals surface area contributed by atoms with Crippen molar-refractivity contribution in [2.75, 3.05) is 12.3 Å². The minimum absolute atomic E-state index is 0.0361. The lowest BCUT2D eigenvalue weighted by atomic mass is 9.84. The van der Waals surface area contributed by atoms with E-state index in [0.29, 0.717) is 18.8 Å². The van der Waals surface area contributed by atoms with Gasteiger partial charge in [0.2, 0.25) is 0 Å². The molecule has 1 heterocycles. The second-order valence-electron chi connectivity index (χ2n) is 7.45. The van der Waals surface area contributed by atoms with Crippen molar-refractivity contribution in [3.8, 4) is 0 Å². The van der Waals surface area contributed by atoms with Crippen LogP contribution in [0, 0.1) is 11.8 Å². The predicted molar refractivity (Wildman–Crippen MR) is 113 cm³/mol. The summed E-state index contributed by atoms with van der Waals surface area (Å²) in [5, 5.41) is 9.33. The number of nitrogens with two attached hydrogens (primary N) is 1. The summed E-state index contributed by atoms with van der Waals surface area (Å²) in [5.74, 6) is 0.970. The van der Waals surface area contributed by atoms with E-state index in [1.807, 2.05) is 36.4 Å². The number of carbonyl (C=O) groups is 1. The second kappa shape index (κ2) is 8.35. The van der Waals surface area contributed by atoms with Gasteiger partial charge in [0.25, 0.3) is 0 Å². The third-order valence-electron chi connectivity index (χ3n) is 5.36. The molecule has 0 saturated carbocycles. The van der Waals surface area contributed by atoms with Gasteiger partial charge < -0.3 is 15.6 Å². The zero-order valence-electron chi connectivity index (χ0n) is 16.1. The first-order valence-electron chi connectivity index (χ1n) is 9.83. The second-order valence-corrected chi connectivity index (χ2v) is 7.45. The number of carboxylic acids is 1. The van der Waals surface area contributed by atoms with Gasteiger partial charge in [-0.3, -0.25) is 4.79 Å². The van der Waals surface area contributed by atoms with Crippen LogP contribution in [0.4, 0.5) is 5.82 Å². The van der Waals surface area contributed by atoms with Gasteiger partial charge in [-0.25, -0.2) is 4.98 Å². The normalized spacial score (nSPS) is 20.0. The van der Waals surface area contributed by atoms with Gasteiger partial charge in [-0.1, -0.05) is 42.5 Å². The number of ether oxygens (including phenoxy) is 1. The monoisotopic (exact) mass is 388 g/mol. The van der Waals surface area contributed by atoms with Crippen molar-refractivity contribution < 1.29 is 14.6 Å². The third-order valence-corrected chi connectivity index (χ3v) is 5.36. The summed E-state index contributed by atoms with van der Waals surface area (Å²) in [6, 6.07) is 13.7. The van der Waals surface area contributed by atoms with Crippen LogP contribution in [0.3, 0.4) is 0 Å². The van der Waals surface area contributed by atoms with Gasteiger partial charge in [0.15, 0.2) is 0 Å². The summed E-state index contributed by atoms with van der Waals surface area (Å²) in [5.41, 5.74) is 9.75. The number of pyridine rings is 1. The maximum atomic E-state index is 11.4. The summed E-state index contributed by atoms with van der Waals surface area (Å²) in [6.07, 6.45) is 9.95. The average Bonchev–Trinajstić information content (AvgIpc) is 2.84. The Morgan fingerprint density at radius 2 is 2.03 bits per heavy atom. The van der Waals surface area contributed by atoms with Crippen molar-refractivity contribution in [2.45, 2.75) is 19.3 Å². The highest BCUT2D eigenvalue weighted by atomic mass is 16.5. The highest BCUT2D eigenvalue weighted by Crippen LogP contribution is 2.37. The standard InChI is InChI=1S/C24H24N2O3/c25-23-7-3-5-20(26-23)10-11-29-21-9-8-16-12-19(15-24(27)28)22-6-2-1-4-17(22)13-18(16)14-21/h1-9,12,14,16,18H,10-11,13,15H2,(H2,25,26)(H,27,28). The summed E-state index contributed by atoms with van der Waals surface area (Å²) >= 11 is 0. The van der Waals surface area contributed by atoms with Gasteiger partial charge in [0, 0.05) is 18.0 Å². The summed E-state index contributed by atoms with van der Waals surface area (Å²) in [4.78, 5) is 15.6. The van der Waals surface area contributed by atoms with Crippen LogP contribution in [0.2, 0.25) is 0 Å². The molecule has 0 spiro atoms. The number of anilines is 1. The van der Waals surface area contributed by atoms with Crippen molar-refractivity contribution in [3.63, 3.8) is 0 Å². The van der Waals surface area contributed by atoms with Gasteiger partial charge in [0.1, 0.15) is 11.6 Å². The molecule has 0 fully saturated rings. The molecule has 0 bridgehead atoms. The number of hydrogen-bond donors (Lipinski definition) is 2. The molecule has 148 valence electrons. The van der Waals surface area contributed by atoms with Gasteiger partial charge >= 0.3 is 5.97 Å². The van der Waals surface area contributed by atoms with E-state index >= 15 is 0 Å². The van der Waals surface area contributed by atoms with Gasteiger partial charge in [-0.05, 0) is 53.3 Å². The molecule has 0 aliphatic heterocycles. The van der Waals surface area contributed by atoms with Crippen LogP contribution < -0.4 is 5.73 Å². The molecule has 0 saturated heterocycles. The van der Waals surface area contributed by atoms with E-state index in [4.69, 9.17) is 10.5 Å². The van der Waals surface area contributed by atoms with Gasteiger partial charge in [-0.2, -0.15) is 0 Å². The van der Waals surface area contributed by atoms with E-state index < -0.39 is 5.97 Å². The van der Waals surface area contributed by atoms with Crippen LogP contribution in [-0.4, -0.2) is 22.7 Å². The number of nitrogen functional groups attached to an aromatic ring is 1. The summed E-state index contributed by atoms with van der Waals surface area (Å²) in [7, 11) is 0. The number of hydrogen-bond acceptors (Lipinski definition) is 4. The quantitative estimate of drug-likeness (QED) is 0.781. The first-order valence-corrected chi connectivity index (χ1v) is 9.83. The van der Waals surface area contributed by atoms with Gasteiger partial charge in [-0.15, -0.1) is 0 Å². The lowest BCUT2D eigenvalue weighted by molar-refractivity contribution is -0.135. The number of aromatic nitrogens is 1. The number of carboxylic acid groups (broad SMARTS) is 1. The number of rotatable bonds is 6. The lowest BCUT2D eigenvalue weighted by Gasteiger charge is -2.23. The fraction of sp³-hybridized carbons (Fsp3) is 0.250. The van der Waals surface area contributed by atoms with Crippen LogP contribution >= 0.6 is 0 Å². The van der Waals surface area contributed by atoms with E-state index in [-0.39, 0.29) is 18.3 Å². The first-order chi connectivity index (χ1) is 14.1. The van der Waals surface area contributed by atoms with Crippen molar-refractivity contribution in [3.05, 3.63) is 89.3 Å². The Morgan fingerprint density at radius 3 is 2.86 bits per heavy atom. The Morgan fingerprint density at radius 1 is 1.17 bits per heavy atom. The Labute approximate surface area is 170 Å². The summed E-state index contributed by atoms with van der Waals surface area (Å²) < 4.78 is 5.97.